The number of aliphatic hydroxyl groups excluding tert-OH is 1. The van der Waals surface area contributed by atoms with Crippen molar-refractivity contribution in [1.82, 2.24) is 19.3 Å². The number of aryl methyl sites for hydroxylation is 1. The van der Waals surface area contributed by atoms with Crippen LogP contribution in [0.4, 0.5) is 30.7 Å². The van der Waals surface area contributed by atoms with Crippen molar-refractivity contribution in [1.29, 1.82) is 0 Å². The van der Waals surface area contributed by atoms with Crippen LogP contribution < -0.4 is 4.74 Å². The van der Waals surface area contributed by atoms with Gasteiger partial charge >= 0.3 is 12.5 Å². The molecule has 5 rings (SSSR count). The highest BCUT2D eigenvalue weighted by Gasteiger charge is 2.35. The van der Waals surface area contributed by atoms with Gasteiger partial charge in [0.2, 0.25) is 0 Å². The number of ether oxygens (including phenoxy) is 1. The fourth-order valence-corrected chi connectivity index (χ4v) is 5.70. The van der Waals surface area contributed by atoms with Crippen molar-refractivity contribution in [3.63, 3.8) is 0 Å². The van der Waals surface area contributed by atoms with Crippen molar-refractivity contribution in [3.05, 3.63) is 96.0 Å². The van der Waals surface area contributed by atoms with E-state index in [1.807, 2.05) is 0 Å². The molecule has 0 atom stereocenters. The van der Waals surface area contributed by atoms with Gasteiger partial charge in [-0.15, -0.1) is 13.2 Å². The van der Waals surface area contributed by atoms with Crippen molar-refractivity contribution >= 4 is 9.84 Å². The number of imidazole rings is 1. The molecule has 2 heterocycles. The number of hydrogen-bond acceptors (Lipinski definition) is 6. The second-order valence-corrected chi connectivity index (χ2v) is 11.8. The summed E-state index contributed by atoms with van der Waals surface area (Å²) < 4.78 is 125. The molecule has 0 amide bonds. The molecule has 0 aliphatic carbocycles. The van der Waals surface area contributed by atoms with Gasteiger partial charge in [0, 0.05) is 23.6 Å². The smallest absolute Gasteiger partial charge is 0.406 e. The monoisotopic (exact) mass is 654 g/mol. The molecule has 0 fully saturated rings. The Balaban J connectivity index is 1.72. The van der Waals surface area contributed by atoms with E-state index in [1.165, 1.54) is 64.8 Å². The lowest BCUT2D eigenvalue weighted by Gasteiger charge is -2.17. The van der Waals surface area contributed by atoms with Gasteiger partial charge in [-0.25, -0.2) is 22.5 Å². The van der Waals surface area contributed by atoms with Crippen molar-refractivity contribution in [2.45, 2.75) is 31.0 Å². The molecule has 0 aliphatic heterocycles. The van der Waals surface area contributed by atoms with Crippen LogP contribution in [0.5, 0.6) is 5.75 Å². The third-order valence-electron chi connectivity index (χ3n) is 6.71. The Bertz CT molecular complexity index is 2000. The average Bonchev–Trinajstić information content (AvgIpc) is 3.58. The molecule has 0 bridgehead atoms. The summed E-state index contributed by atoms with van der Waals surface area (Å²) in [5, 5.41) is 13.8. The van der Waals surface area contributed by atoms with Gasteiger partial charge < -0.3 is 14.4 Å². The third kappa shape index (κ3) is 6.56. The minimum absolute atomic E-state index is 0.0336. The maximum Gasteiger partial charge on any atom is 0.573 e. The minimum atomic E-state index is -4.92. The Kier molecular flexibility index (Phi) is 7.99. The van der Waals surface area contributed by atoms with E-state index in [9.17, 15) is 44.3 Å². The molecule has 16 heteroatoms. The summed E-state index contributed by atoms with van der Waals surface area (Å²) in [6, 6.07) is 12.7. The van der Waals surface area contributed by atoms with E-state index < -0.39 is 56.7 Å². The molecule has 0 unspecified atom stereocenters. The number of halogens is 7. The first kappa shape index (κ1) is 31.7. The summed E-state index contributed by atoms with van der Waals surface area (Å²) >= 11 is 0. The maximum absolute atomic E-state index is 15.0. The van der Waals surface area contributed by atoms with Gasteiger partial charge in [-0.3, -0.25) is 0 Å². The van der Waals surface area contributed by atoms with Crippen LogP contribution in [0.2, 0.25) is 0 Å². The highest BCUT2D eigenvalue weighted by Crippen LogP contribution is 2.37. The first-order chi connectivity index (χ1) is 21.0. The Morgan fingerprint density at radius 1 is 0.933 bits per heavy atom. The van der Waals surface area contributed by atoms with Crippen LogP contribution in [-0.4, -0.2) is 45.5 Å². The second-order valence-electron chi connectivity index (χ2n) is 9.81. The number of alkyl halides is 6. The van der Waals surface area contributed by atoms with Gasteiger partial charge in [-0.1, -0.05) is 6.07 Å². The van der Waals surface area contributed by atoms with Gasteiger partial charge in [-0.05, 0) is 72.6 Å². The van der Waals surface area contributed by atoms with E-state index in [0.717, 1.165) is 30.7 Å². The Hall–Kier alpha value is -4.70. The van der Waals surface area contributed by atoms with E-state index in [2.05, 4.69) is 14.8 Å². The average molecular weight is 655 g/mol. The molecule has 0 saturated heterocycles. The third-order valence-corrected chi connectivity index (χ3v) is 7.87. The van der Waals surface area contributed by atoms with Crippen LogP contribution in [-0.2, 0) is 22.6 Å². The topological polar surface area (TPSA) is 99.2 Å². The van der Waals surface area contributed by atoms with Gasteiger partial charge in [-0.2, -0.15) is 18.3 Å². The summed E-state index contributed by atoms with van der Waals surface area (Å²) in [5.74, 6) is -1.52. The lowest BCUT2D eigenvalue weighted by atomic mass is 9.98. The van der Waals surface area contributed by atoms with Crippen LogP contribution in [0.1, 0.15) is 17.1 Å². The summed E-state index contributed by atoms with van der Waals surface area (Å²) in [5.41, 5.74) is -0.346. The predicted molar refractivity (Wildman–Crippen MR) is 147 cm³/mol. The molecule has 1 N–H and O–H groups in total. The number of aliphatic hydroxyl groups is 1. The van der Waals surface area contributed by atoms with E-state index in [-0.39, 0.29) is 39.6 Å². The quantitative estimate of drug-likeness (QED) is 0.197. The molecular formula is C29H21F7N4O4S. The SMILES string of the molecule is Cc1nc(C(F)(F)F)cn1-c1ccc(-c2cc(F)c(CO)c(S(C)(=O)=O)c2)cc1-c1ccnn1-c1ccc(OC(F)(F)F)cc1. The van der Waals surface area contributed by atoms with Gasteiger partial charge in [0.05, 0.1) is 34.8 Å². The van der Waals surface area contributed by atoms with Crippen molar-refractivity contribution in [2.75, 3.05) is 6.26 Å². The largest absolute Gasteiger partial charge is 0.573 e. The lowest BCUT2D eigenvalue weighted by Crippen LogP contribution is -2.17. The summed E-state index contributed by atoms with van der Waals surface area (Å²) in [6.07, 6.45) is -6.69. The molecule has 0 aliphatic rings. The fourth-order valence-electron chi connectivity index (χ4n) is 4.75. The predicted octanol–water partition coefficient (Wildman–Crippen LogP) is 6.65. The van der Waals surface area contributed by atoms with Crippen molar-refractivity contribution < 1.29 is 49.0 Å². The second kappa shape index (κ2) is 11.3. The van der Waals surface area contributed by atoms with Crippen LogP contribution in [0.3, 0.4) is 0 Å². The van der Waals surface area contributed by atoms with Crippen LogP contribution in [0, 0.1) is 12.7 Å². The number of nitrogens with zero attached hydrogens (tertiary/aromatic N) is 4. The van der Waals surface area contributed by atoms with Crippen LogP contribution >= 0.6 is 0 Å². The molecule has 0 saturated carbocycles. The first-order valence-corrected chi connectivity index (χ1v) is 14.7. The fraction of sp³-hybridized carbons (Fsp3) is 0.172. The van der Waals surface area contributed by atoms with Crippen molar-refractivity contribution in [2.24, 2.45) is 0 Å². The molecule has 8 nitrogen and oxygen atoms in total. The summed E-state index contributed by atoms with van der Waals surface area (Å²) in [7, 11) is -3.99. The minimum Gasteiger partial charge on any atom is -0.406 e. The highest BCUT2D eigenvalue weighted by molar-refractivity contribution is 7.90. The van der Waals surface area contributed by atoms with Crippen LogP contribution in [0.25, 0.3) is 33.8 Å². The Morgan fingerprint density at radius 2 is 1.62 bits per heavy atom. The number of rotatable bonds is 7. The molecular weight excluding hydrogens is 633 g/mol. The number of aromatic nitrogens is 4. The summed E-state index contributed by atoms with van der Waals surface area (Å²) in [4.78, 5) is 3.17. The molecule has 0 radical (unpaired) electrons. The molecule has 45 heavy (non-hydrogen) atoms. The Labute approximate surface area is 250 Å². The normalized spacial score (nSPS) is 12.5. The first-order valence-electron chi connectivity index (χ1n) is 12.8. The van der Waals surface area contributed by atoms with E-state index >= 15 is 0 Å². The zero-order valence-corrected chi connectivity index (χ0v) is 24.0. The van der Waals surface area contributed by atoms with Gasteiger partial charge in [0.15, 0.2) is 15.5 Å². The number of hydrogen-bond donors (Lipinski definition) is 1. The highest BCUT2D eigenvalue weighted by atomic mass is 32.2. The maximum atomic E-state index is 15.0. The molecule has 236 valence electrons. The number of sulfone groups is 1. The van der Waals surface area contributed by atoms with Crippen molar-refractivity contribution in [3.8, 4) is 39.5 Å². The van der Waals surface area contributed by atoms with Gasteiger partial charge in [0.1, 0.15) is 17.4 Å². The van der Waals surface area contributed by atoms with Gasteiger partial charge in [0.25, 0.3) is 0 Å². The molecule has 0 spiro atoms. The molecule has 2 aromatic heterocycles. The Morgan fingerprint density at radius 3 is 2.20 bits per heavy atom. The number of benzene rings is 3. The molecule has 5 aromatic rings. The summed E-state index contributed by atoms with van der Waals surface area (Å²) in [6.45, 7) is 0.469. The zero-order valence-electron chi connectivity index (χ0n) is 23.2. The molecule has 3 aromatic carbocycles. The van der Waals surface area contributed by atoms with E-state index in [0.29, 0.717) is 0 Å². The van der Waals surface area contributed by atoms with E-state index in [4.69, 9.17) is 0 Å². The van der Waals surface area contributed by atoms with E-state index in [1.54, 1.807) is 0 Å². The zero-order chi connectivity index (χ0) is 32.9. The van der Waals surface area contributed by atoms with Crippen LogP contribution in [0.15, 0.2) is 78.0 Å². The standard InChI is InChI=1S/C29H21F7N4O4S/c1-16-38-27(28(31,32)33)14-39(16)24-8-3-17(18-12-23(30)22(15-41)26(13-18)45(2,42)43)11-21(24)25-9-10-37-40(25)19-4-6-20(7-5-19)44-29(34,35)36/h3-14,41H,15H2,1-2H3. The lowest BCUT2D eigenvalue weighted by molar-refractivity contribution is -0.274.